The number of para-hydroxylation sites is 1. The molecular formula is C47H37N3. The summed E-state index contributed by atoms with van der Waals surface area (Å²) in [5.41, 5.74) is 17.8. The molecule has 1 aliphatic carbocycles. The van der Waals surface area contributed by atoms with Crippen LogP contribution in [0.25, 0.3) is 50.6 Å². The van der Waals surface area contributed by atoms with Gasteiger partial charge >= 0.3 is 0 Å². The number of fused-ring (bicyclic) bond motifs is 5. The van der Waals surface area contributed by atoms with Crippen LogP contribution in [0.2, 0.25) is 0 Å². The summed E-state index contributed by atoms with van der Waals surface area (Å²) in [6.45, 7) is 6.58. The second-order valence-electron chi connectivity index (χ2n) is 13.7. The second-order valence-corrected chi connectivity index (χ2v) is 13.7. The van der Waals surface area contributed by atoms with Crippen molar-refractivity contribution in [2.75, 3.05) is 4.90 Å². The largest absolute Gasteiger partial charge is 0.332 e. The molecule has 0 N–H and O–H groups in total. The van der Waals surface area contributed by atoms with E-state index in [1.165, 1.54) is 67.0 Å². The molecule has 0 radical (unpaired) electrons. The van der Waals surface area contributed by atoms with E-state index in [-0.39, 0.29) is 11.5 Å². The Labute approximate surface area is 294 Å². The predicted octanol–water partition coefficient (Wildman–Crippen LogP) is 11.9. The highest BCUT2D eigenvalue weighted by Gasteiger charge is 2.49. The first-order valence-electron chi connectivity index (χ1n) is 17.4. The first-order chi connectivity index (χ1) is 24.5. The van der Waals surface area contributed by atoms with Crippen LogP contribution < -0.4 is 4.90 Å². The molecule has 0 amide bonds. The number of benzene rings is 5. The number of aryl methyl sites for hydroxylation is 2. The van der Waals surface area contributed by atoms with Gasteiger partial charge in [0.05, 0.1) is 6.04 Å². The van der Waals surface area contributed by atoms with Gasteiger partial charge in [-0.05, 0) is 107 Å². The average molecular weight is 644 g/mol. The molecule has 9 rings (SSSR count). The van der Waals surface area contributed by atoms with Gasteiger partial charge in [0.25, 0.3) is 0 Å². The van der Waals surface area contributed by atoms with Crippen molar-refractivity contribution >= 4 is 17.5 Å². The second kappa shape index (κ2) is 11.8. The molecule has 240 valence electrons. The maximum Gasteiger partial charge on any atom is 0.0727 e. The van der Waals surface area contributed by atoms with E-state index in [0.29, 0.717) is 0 Å². The molecular weight excluding hydrogens is 607 g/mol. The number of anilines is 2. The van der Waals surface area contributed by atoms with Gasteiger partial charge in [-0.2, -0.15) is 0 Å². The van der Waals surface area contributed by atoms with Crippen molar-refractivity contribution in [3.8, 4) is 44.5 Å². The molecule has 3 heterocycles. The van der Waals surface area contributed by atoms with Gasteiger partial charge in [-0.25, -0.2) is 0 Å². The molecule has 1 aliphatic heterocycles. The Hall–Kier alpha value is -6.06. The van der Waals surface area contributed by atoms with E-state index in [9.17, 15) is 0 Å². The van der Waals surface area contributed by atoms with E-state index >= 15 is 0 Å². The first-order valence-corrected chi connectivity index (χ1v) is 17.4. The van der Waals surface area contributed by atoms with E-state index in [2.05, 4.69) is 175 Å². The van der Waals surface area contributed by atoms with Crippen LogP contribution in [-0.4, -0.2) is 9.97 Å². The summed E-state index contributed by atoms with van der Waals surface area (Å²) < 4.78 is 0. The Morgan fingerprint density at radius 2 is 1.08 bits per heavy atom. The van der Waals surface area contributed by atoms with Crippen LogP contribution in [0.15, 0.2) is 158 Å². The van der Waals surface area contributed by atoms with Gasteiger partial charge in [-0.1, -0.05) is 115 Å². The third-order valence-corrected chi connectivity index (χ3v) is 10.8. The Morgan fingerprint density at radius 3 is 1.70 bits per heavy atom. The monoisotopic (exact) mass is 643 g/mol. The fourth-order valence-electron chi connectivity index (χ4n) is 8.30. The van der Waals surface area contributed by atoms with Crippen LogP contribution in [0.3, 0.4) is 0 Å². The lowest BCUT2D eigenvalue weighted by Crippen LogP contribution is -2.34. The lowest BCUT2D eigenvalue weighted by molar-refractivity contribution is 0.498. The molecule has 2 atom stereocenters. The van der Waals surface area contributed by atoms with Crippen molar-refractivity contribution in [2.45, 2.75) is 32.2 Å². The summed E-state index contributed by atoms with van der Waals surface area (Å²) in [5, 5.41) is 0. The minimum Gasteiger partial charge on any atom is -0.332 e. The highest BCUT2D eigenvalue weighted by Crippen LogP contribution is 2.60. The summed E-state index contributed by atoms with van der Waals surface area (Å²) in [6, 6.07) is 50.9. The Balaban J connectivity index is 1.19. The van der Waals surface area contributed by atoms with Crippen molar-refractivity contribution < 1.29 is 0 Å². The Morgan fingerprint density at radius 1 is 0.540 bits per heavy atom. The van der Waals surface area contributed by atoms with E-state index in [1.807, 2.05) is 24.5 Å². The number of nitrogens with zero attached hydrogens (tertiary/aromatic N) is 3. The summed E-state index contributed by atoms with van der Waals surface area (Å²) in [7, 11) is 0. The lowest BCUT2D eigenvalue weighted by atomic mass is 9.71. The number of aromatic nitrogens is 2. The van der Waals surface area contributed by atoms with Gasteiger partial charge < -0.3 is 4.90 Å². The molecule has 50 heavy (non-hydrogen) atoms. The predicted molar refractivity (Wildman–Crippen MR) is 207 cm³/mol. The molecule has 0 spiro atoms. The number of hydrogen-bond donors (Lipinski definition) is 0. The number of rotatable bonds is 5. The van der Waals surface area contributed by atoms with Crippen LogP contribution in [0.1, 0.15) is 41.0 Å². The van der Waals surface area contributed by atoms with Crippen LogP contribution in [-0.2, 0) is 5.41 Å². The Kier molecular flexibility index (Phi) is 7.10. The highest BCUT2D eigenvalue weighted by molar-refractivity contribution is 5.90. The van der Waals surface area contributed by atoms with Gasteiger partial charge in [0.15, 0.2) is 0 Å². The summed E-state index contributed by atoms with van der Waals surface area (Å²) in [5.74, 6) is 0. The number of hydrogen-bond acceptors (Lipinski definition) is 3. The molecule has 0 saturated heterocycles. The minimum absolute atomic E-state index is 0.0934. The zero-order chi connectivity index (χ0) is 33.8. The molecule has 0 saturated carbocycles. The fraction of sp³-hybridized carbons (Fsp3) is 0.106. The molecule has 2 unspecified atom stereocenters. The minimum atomic E-state index is -0.220. The molecule has 3 nitrogen and oxygen atoms in total. The van der Waals surface area contributed by atoms with Crippen molar-refractivity contribution in [3.05, 3.63) is 186 Å². The van der Waals surface area contributed by atoms with E-state index < -0.39 is 0 Å². The lowest BCUT2D eigenvalue weighted by Gasteiger charge is -2.39. The third kappa shape index (κ3) is 4.73. The SMILES string of the molecule is Cc1ncccc1-c1ccccc1-c1ccc2c(c1)C=CC1(C)c3ccc(-c4ccccc4-c4cccnc4C)cc3N(c3ccccc3)C21. The smallest absolute Gasteiger partial charge is 0.0727 e. The maximum absolute atomic E-state index is 4.61. The standard InChI is InChI=1S/C47H37N3/c1-31-37(19-11-27-48-31)42-17-9-7-15-39(42)33-21-23-41-35(29-33)25-26-47(3)44-24-22-34(30-45(44)50(46(41)47)36-13-5-4-6-14-36)40-16-8-10-18-43(40)38-20-12-28-49-32(38)2/h4-30,46H,1-3H3. The van der Waals surface area contributed by atoms with Crippen LogP contribution in [0.4, 0.5) is 11.4 Å². The molecule has 0 fully saturated rings. The molecule has 5 aromatic carbocycles. The topological polar surface area (TPSA) is 29.0 Å². The fourth-order valence-corrected chi connectivity index (χ4v) is 8.30. The van der Waals surface area contributed by atoms with Crippen molar-refractivity contribution in [2.24, 2.45) is 0 Å². The van der Waals surface area contributed by atoms with Crippen LogP contribution in [0, 0.1) is 13.8 Å². The third-order valence-electron chi connectivity index (χ3n) is 10.8. The van der Waals surface area contributed by atoms with Crippen molar-refractivity contribution in [1.29, 1.82) is 0 Å². The van der Waals surface area contributed by atoms with Gasteiger partial charge in [0.2, 0.25) is 0 Å². The molecule has 2 aliphatic rings. The van der Waals surface area contributed by atoms with Gasteiger partial charge in [-0.15, -0.1) is 0 Å². The zero-order valence-electron chi connectivity index (χ0n) is 28.5. The summed E-state index contributed by atoms with van der Waals surface area (Å²) in [4.78, 5) is 11.8. The normalized spacial score (nSPS) is 17.3. The molecule has 7 aromatic rings. The van der Waals surface area contributed by atoms with Gasteiger partial charge in [0, 0.05) is 51.7 Å². The van der Waals surface area contributed by atoms with E-state index in [1.54, 1.807) is 0 Å². The van der Waals surface area contributed by atoms with Gasteiger partial charge in [-0.3, -0.25) is 9.97 Å². The summed E-state index contributed by atoms with van der Waals surface area (Å²) >= 11 is 0. The van der Waals surface area contributed by atoms with Crippen molar-refractivity contribution in [3.63, 3.8) is 0 Å². The maximum atomic E-state index is 4.61. The quantitative estimate of drug-likeness (QED) is 0.187. The number of pyridine rings is 2. The Bertz CT molecular complexity index is 2440. The molecule has 3 heteroatoms. The van der Waals surface area contributed by atoms with Crippen LogP contribution >= 0.6 is 0 Å². The van der Waals surface area contributed by atoms with E-state index in [0.717, 1.165) is 17.0 Å². The molecule has 0 bridgehead atoms. The molecule has 2 aromatic heterocycles. The summed E-state index contributed by atoms with van der Waals surface area (Å²) in [6.07, 6.45) is 8.52. The zero-order valence-corrected chi connectivity index (χ0v) is 28.5. The average Bonchev–Trinajstić information content (AvgIpc) is 3.43. The van der Waals surface area contributed by atoms with E-state index in [4.69, 9.17) is 0 Å². The van der Waals surface area contributed by atoms with Gasteiger partial charge in [0.1, 0.15) is 0 Å². The van der Waals surface area contributed by atoms with Crippen molar-refractivity contribution in [1.82, 2.24) is 9.97 Å². The van der Waals surface area contributed by atoms with Crippen LogP contribution in [0.5, 0.6) is 0 Å². The highest BCUT2D eigenvalue weighted by atomic mass is 15.2. The first kappa shape index (κ1) is 30.0.